The quantitative estimate of drug-likeness (QED) is 0.882. The van der Waals surface area contributed by atoms with Crippen LogP contribution >= 0.6 is 0 Å². The molecule has 2 aromatic rings. The molecule has 0 spiro atoms. The van der Waals surface area contributed by atoms with Gasteiger partial charge in [-0.25, -0.2) is 8.42 Å². The minimum absolute atomic E-state index is 0.236. The van der Waals surface area contributed by atoms with Crippen molar-refractivity contribution in [3.63, 3.8) is 0 Å². The van der Waals surface area contributed by atoms with E-state index in [1.165, 1.54) is 5.56 Å². The molecule has 2 aromatic carbocycles. The monoisotopic (exact) mass is 319 g/mol. The molecular weight excluding hydrogens is 298 g/mol. The van der Waals surface area contributed by atoms with Gasteiger partial charge in [0.15, 0.2) is 0 Å². The highest BCUT2D eigenvalue weighted by atomic mass is 32.2. The van der Waals surface area contributed by atoms with E-state index in [0.29, 0.717) is 18.2 Å². The summed E-state index contributed by atoms with van der Waals surface area (Å²) in [5.41, 5.74) is 2.67. The summed E-state index contributed by atoms with van der Waals surface area (Å²) in [6, 6.07) is 14.1. The van der Waals surface area contributed by atoms with Crippen molar-refractivity contribution in [3.8, 4) is 0 Å². The zero-order chi connectivity index (χ0) is 16.2. The Hall–Kier alpha value is -1.85. The first-order valence-corrected chi connectivity index (χ1v) is 8.61. The lowest BCUT2D eigenvalue weighted by atomic mass is 10.0. The molecular formula is C17H21NO3S. The van der Waals surface area contributed by atoms with Crippen molar-refractivity contribution in [1.82, 2.24) is 0 Å². The number of rotatable bonds is 6. The average molecular weight is 319 g/mol. The fraction of sp³-hybridized carbons (Fsp3) is 0.294. The minimum Gasteiger partial charge on any atom is -0.380 e. The zero-order valence-electron chi connectivity index (χ0n) is 13.0. The number of benzene rings is 2. The van der Waals surface area contributed by atoms with Crippen molar-refractivity contribution < 1.29 is 13.2 Å². The van der Waals surface area contributed by atoms with Gasteiger partial charge in [0.05, 0.1) is 11.5 Å². The van der Waals surface area contributed by atoms with E-state index in [1.54, 1.807) is 43.5 Å². The van der Waals surface area contributed by atoms with Gasteiger partial charge in [-0.3, -0.25) is 4.72 Å². The van der Waals surface area contributed by atoms with Crippen molar-refractivity contribution >= 4 is 15.7 Å². The highest BCUT2D eigenvalue weighted by Gasteiger charge is 2.14. The van der Waals surface area contributed by atoms with Gasteiger partial charge in [0, 0.05) is 12.8 Å². The van der Waals surface area contributed by atoms with Crippen molar-refractivity contribution in [2.45, 2.75) is 31.3 Å². The Bertz CT molecular complexity index is 705. The molecule has 1 N–H and O–H groups in total. The molecule has 0 saturated heterocycles. The molecule has 0 aromatic heterocycles. The van der Waals surface area contributed by atoms with Crippen LogP contribution in [0.25, 0.3) is 0 Å². The SMILES string of the molecule is COCc1ccc(S(=O)(=O)Nc2ccc(C(C)C)cc2)cc1. The molecule has 22 heavy (non-hydrogen) atoms. The molecule has 0 bridgehead atoms. The summed E-state index contributed by atoms with van der Waals surface area (Å²) < 4.78 is 32.3. The maximum absolute atomic E-state index is 12.3. The van der Waals surface area contributed by atoms with Crippen LogP contribution in [0.1, 0.15) is 30.9 Å². The minimum atomic E-state index is -3.57. The lowest BCUT2D eigenvalue weighted by Gasteiger charge is -2.10. The third-order valence-corrected chi connectivity index (χ3v) is 4.77. The molecule has 0 radical (unpaired) electrons. The zero-order valence-corrected chi connectivity index (χ0v) is 13.9. The van der Waals surface area contributed by atoms with E-state index in [2.05, 4.69) is 18.6 Å². The van der Waals surface area contributed by atoms with Gasteiger partial charge in [0.25, 0.3) is 10.0 Å². The Labute approximate surface area is 132 Å². The number of hydrogen-bond donors (Lipinski definition) is 1. The first kappa shape index (κ1) is 16.5. The van der Waals surface area contributed by atoms with Crippen LogP contribution in [0.4, 0.5) is 5.69 Å². The van der Waals surface area contributed by atoms with E-state index in [0.717, 1.165) is 5.56 Å². The van der Waals surface area contributed by atoms with Gasteiger partial charge < -0.3 is 4.74 Å². The topological polar surface area (TPSA) is 55.4 Å². The molecule has 0 saturated carbocycles. The summed E-state index contributed by atoms with van der Waals surface area (Å²) in [5, 5.41) is 0. The summed E-state index contributed by atoms with van der Waals surface area (Å²) >= 11 is 0. The van der Waals surface area contributed by atoms with Crippen LogP contribution in [0.3, 0.4) is 0 Å². The third kappa shape index (κ3) is 4.08. The van der Waals surface area contributed by atoms with E-state index < -0.39 is 10.0 Å². The summed E-state index contributed by atoms with van der Waals surface area (Å²) in [4.78, 5) is 0.236. The second-order valence-electron chi connectivity index (χ2n) is 5.46. The summed E-state index contributed by atoms with van der Waals surface area (Å²) in [6.45, 7) is 4.66. The lowest BCUT2D eigenvalue weighted by Crippen LogP contribution is -2.13. The Morgan fingerprint density at radius 2 is 1.59 bits per heavy atom. The molecule has 2 rings (SSSR count). The number of anilines is 1. The van der Waals surface area contributed by atoms with Gasteiger partial charge in [-0.05, 0) is 41.3 Å². The first-order valence-electron chi connectivity index (χ1n) is 7.13. The average Bonchev–Trinajstić information content (AvgIpc) is 2.48. The predicted octanol–water partition coefficient (Wildman–Crippen LogP) is 3.76. The van der Waals surface area contributed by atoms with E-state index in [1.807, 2.05) is 12.1 Å². The van der Waals surface area contributed by atoms with E-state index in [-0.39, 0.29) is 4.90 Å². The molecule has 0 unspecified atom stereocenters. The molecule has 0 heterocycles. The first-order chi connectivity index (χ1) is 10.4. The van der Waals surface area contributed by atoms with Crippen LogP contribution in [0.2, 0.25) is 0 Å². The van der Waals surface area contributed by atoms with Gasteiger partial charge in [-0.2, -0.15) is 0 Å². The Morgan fingerprint density at radius 1 is 1.00 bits per heavy atom. The summed E-state index contributed by atoms with van der Waals surface area (Å²) in [7, 11) is -1.96. The van der Waals surface area contributed by atoms with Gasteiger partial charge in [0.1, 0.15) is 0 Å². The molecule has 4 nitrogen and oxygen atoms in total. The second-order valence-corrected chi connectivity index (χ2v) is 7.14. The summed E-state index contributed by atoms with van der Waals surface area (Å²) in [6.07, 6.45) is 0. The van der Waals surface area contributed by atoms with E-state index in [4.69, 9.17) is 4.74 Å². The predicted molar refractivity (Wildman–Crippen MR) is 88.5 cm³/mol. The fourth-order valence-electron chi connectivity index (χ4n) is 2.08. The van der Waals surface area contributed by atoms with Gasteiger partial charge in [-0.1, -0.05) is 38.1 Å². The van der Waals surface area contributed by atoms with Crippen LogP contribution in [0.5, 0.6) is 0 Å². The maximum Gasteiger partial charge on any atom is 0.261 e. The second kappa shape index (κ2) is 6.94. The molecule has 5 heteroatoms. The largest absolute Gasteiger partial charge is 0.380 e. The molecule has 0 aliphatic heterocycles. The van der Waals surface area contributed by atoms with Crippen LogP contribution < -0.4 is 4.72 Å². The van der Waals surface area contributed by atoms with E-state index >= 15 is 0 Å². The smallest absolute Gasteiger partial charge is 0.261 e. The fourth-order valence-corrected chi connectivity index (χ4v) is 3.14. The molecule has 0 aliphatic carbocycles. The van der Waals surface area contributed by atoms with Crippen molar-refractivity contribution in [2.24, 2.45) is 0 Å². The number of nitrogens with one attached hydrogen (secondary N) is 1. The van der Waals surface area contributed by atoms with Crippen molar-refractivity contribution in [3.05, 3.63) is 59.7 Å². The number of sulfonamides is 1. The Kier molecular flexibility index (Phi) is 5.21. The van der Waals surface area contributed by atoms with Crippen LogP contribution in [0.15, 0.2) is 53.4 Å². The van der Waals surface area contributed by atoms with Crippen molar-refractivity contribution in [2.75, 3.05) is 11.8 Å². The highest BCUT2D eigenvalue weighted by molar-refractivity contribution is 7.92. The van der Waals surface area contributed by atoms with Crippen LogP contribution in [0, 0.1) is 0 Å². The van der Waals surface area contributed by atoms with Gasteiger partial charge in [-0.15, -0.1) is 0 Å². The van der Waals surface area contributed by atoms with Gasteiger partial charge >= 0.3 is 0 Å². The Morgan fingerprint density at radius 3 is 2.09 bits per heavy atom. The normalized spacial score (nSPS) is 11.6. The van der Waals surface area contributed by atoms with Gasteiger partial charge in [0.2, 0.25) is 0 Å². The van der Waals surface area contributed by atoms with Crippen LogP contribution in [-0.2, 0) is 21.4 Å². The van der Waals surface area contributed by atoms with Crippen molar-refractivity contribution in [1.29, 1.82) is 0 Å². The number of hydrogen-bond acceptors (Lipinski definition) is 3. The number of ether oxygens (including phenoxy) is 1. The Balaban J connectivity index is 2.16. The maximum atomic E-state index is 12.3. The summed E-state index contributed by atoms with van der Waals surface area (Å²) in [5.74, 6) is 0.416. The highest BCUT2D eigenvalue weighted by Crippen LogP contribution is 2.20. The molecule has 118 valence electrons. The molecule has 0 fully saturated rings. The van der Waals surface area contributed by atoms with E-state index in [9.17, 15) is 8.42 Å². The number of methoxy groups -OCH3 is 1. The third-order valence-electron chi connectivity index (χ3n) is 3.37. The lowest BCUT2D eigenvalue weighted by molar-refractivity contribution is 0.185. The molecule has 0 amide bonds. The molecule has 0 aliphatic rings. The molecule has 0 atom stereocenters. The van der Waals surface area contributed by atoms with Crippen LogP contribution in [-0.4, -0.2) is 15.5 Å². The standard InChI is InChI=1S/C17H21NO3S/c1-13(2)15-6-8-16(9-7-15)18-22(19,20)17-10-4-14(5-11-17)12-21-3/h4-11,13,18H,12H2,1-3H3.